The standard InChI is InChI=1S/C9H18N2O3/c1-7(12)11-5-4-10-6-9(2,3)8(13)14/h10H,4-6H2,1-3H3,(H,11,12)(H,13,14). The molecule has 82 valence electrons. The highest BCUT2D eigenvalue weighted by atomic mass is 16.4. The lowest BCUT2D eigenvalue weighted by Crippen LogP contribution is -2.39. The fourth-order valence-electron chi connectivity index (χ4n) is 0.803. The van der Waals surface area contributed by atoms with Crippen molar-refractivity contribution in [3.63, 3.8) is 0 Å². The van der Waals surface area contributed by atoms with Crippen LogP contribution >= 0.6 is 0 Å². The maximum atomic E-state index is 10.7. The molecule has 0 aliphatic rings. The minimum absolute atomic E-state index is 0.0794. The van der Waals surface area contributed by atoms with Crippen LogP contribution in [0.25, 0.3) is 0 Å². The number of amides is 1. The van der Waals surface area contributed by atoms with Crippen LogP contribution in [-0.4, -0.2) is 36.6 Å². The van der Waals surface area contributed by atoms with Gasteiger partial charge in [-0.05, 0) is 13.8 Å². The summed E-state index contributed by atoms with van der Waals surface area (Å²) in [6, 6.07) is 0. The van der Waals surface area contributed by atoms with Crippen LogP contribution in [0.4, 0.5) is 0 Å². The molecule has 14 heavy (non-hydrogen) atoms. The molecule has 0 spiro atoms. The Morgan fingerprint density at radius 1 is 1.29 bits per heavy atom. The summed E-state index contributed by atoms with van der Waals surface area (Å²) in [5.41, 5.74) is -0.768. The second-order valence-electron chi connectivity index (χ2n) is 3.85. The van der Waals surface area contributed by atoms with Crippen molar-refractivity contribution in [2.24, 2.45) is 5.41 Å². The van der Waals surface area contributed by atoms with Gasteiger partial charge in [0.25, 0.3) is 0 Å². The molecule has 0 heterocycles. The van der Waals surface area contributed by atoms with E-state index in [0.717, 1.165) is 0 Å². The first-order valence-corrected chi connectivity index (χ1v) is 4.55. The van der Waals surface area contributed by atoms with Crippen LogP contribution in [0.1, 0.15) is 20.8 Å². The molecule has 1 amide bonds. The van der Waals surface area contributed by atoms with E-state index >= 15 is 0 Å². The minimum Gasteiger partial charge on any atom is -0.481 e. The SMILES string of the molecule is CC(=O)NCCNCC(C)(C)C(=O)O. The monoisotopic (exact) mass is 202 g/mol. The predicted octanol–water partition coefficient (Wildman–Crippen LogP) is -0.177. The van der Waals surface area contributed by atoms with Gasteiger partial charge < -0.3 is 15.7 Å². The van der Waals surface area contributed by atoms with Gasteiger partial charge in [0.1, 0.15) is 0 Å². The number of hydrogen-bond donors (Lipinski definition) is 3. The van der Waals surface area contributed by atoms with Crippen molar-refractivity contribution in [2.45, 2.75) is 20.8 Å². The van der Waals surface area contributed by atoms with Gasteiger partial charge in [-0.2, -0.15) is 0 Å². The molecular weight excluding hydrogens is 184 g/mol. The van der Waals surface area contributed by atoms with E-state index in [1.165, 1.54) is 6.92 Å². The Balaban J connectivity index is 3.54. The first-order chi connectivity index (χ1) is 6.36. The fraction of sp³-hybridized carbons (Fsp3) is 0.778. The Kier molecular flexibility index (Phi) is 5.15. The van der Waals surface area contributed by atoms with Gasteiger partial charge in [0.05, 0.1) is 5.41 Å². The van der Waals surface area contributed by atoms with Crippen molar-refractivity contribution in [3.8, 4) is 0 Å². The average molecular weight is 202 g/mol. The van der Waals surface area contributed by atoms with Crippen molar-refractivity contribution < 1.29 is 14.7 Å². The van der Waals surface area contributed by atoms with E-state index < -0.39 is 11.4 Å². The van der Waals surface area contributed by atoms with E-state index in [1.54, 1.807) is 13.8 Å². The van der Waals surface area contributed by atoms with Crippen LogP contribution in [0.5, 0.6) is 0 Å². The van der Waals surface area contributed by atoms with Crippen molar-refractivity contribution >= 4 is 11.9 Å². The molecule has 0 fully saturated rings. The Hall–Kier alpha value is -1.10. The highest BCUT2D eigenvalue weighted by Gasteiger charge is 2.26. The first-order valence-electron chi connectivity index (χ1n) is 4.55. The van der Waals surface area contributed by atoms with Crippen LogP contribution in [0.3, 0.4) is 0 Å². The Bertz CT molecular complexity index is 214. The average Bonchev–Trinajstić information content (AvgIpc) is 2.02. The third-order valence-electron chi connectivity index (χ3n) is 1.82. The normalized spacial score (nSPS) is 11.1. The molecule has 0 radical (unpaired) electrons. The fourth-order valence-corrected chi connectivity index (χ4v) is 0.803. The maximum Gasteiger partial charge on any atom is 0.310 e. The van der Waals surface area contributed by atoms with Crippen LogP contribution in [0.15, 0.2) is 0 Å². The molecule has 0 aromatic rings. The summed E-state index contributed by atoms with van der Waals surface area (Å²) < 4.78 is 0. The molecule has 5 heteroatoms. The quantitative estimate of drug-likeness (QED) is 0.522. The van der Waals surface area contributed by atoms with E-state index in [0.29, 0.717) is 19.6 Å². The van der Waals surface area contributed by atoms with Crippen LogP contribution in [0, 0.1) is 5.41 Å². The van der Waals surface area contributed by atoms with E-state index in [-0.39, 0.29) is 5.91 Å². The molecule has 0 rings (SSSR count). The summed E-state index contributed by atoms with van der Waals surface area (Å²) in [5, 5.41) is 14.4. The molecule has 0 bridgehead atoms. The molecular formula is C9H18N2O3. The largest absolute Gasteiger partial charge is 0.481 e. The number of aliphatic carboxylic acids is 1. The zero-order valence-corrected chi connectivity index (χ0v) is 8.89. The van der Waals surface area contributed by atoms with Crippen LogP contribution in [-0.2, 0) is 9.59 Å². The number of carbonyl (C=O) groups is 2. The third kappa shape index (κ3) is 5.53. The topological polar surface area (TPSA) is 78.4 Å². The lowest BCUT2D eigenvalue weighted by molar-refractivity contribution is -0.146. The number of hydrogen-bond acceptors (Lipinski definition) is 3. The molecule has 0 aromatic carbocycles. The van der Waals surface area contributed by atoms with Crippen molar-refractivity contribution in [1.29, 1.82) is 0 Å². The van der Waals surface area contributed by atoms with Gasteiger partial charge in [0.2, 0.25) is 5.91 Å². The maximum absolute atomic E-state index is 10.7. The molecule has 5 nitrogen and oxygen atoms in total. The van der Waals surface area contributed by atoms with Gasteiger partial charge in [-0.25, -0.2) is 0 Å². The number of nitrogens with one attached hydrogen (secondary N) is 2. The van der Waals surface area contributed by atoms with Crippen LogP contribution in [0.2, 0.25) is 0 Å². The van der Waals surface area contributed by atoms with Gasteiger partial charge in [-0.15, -0.1) is 0 Å². The Morgan fingerprint density at radius 2 is 1.86 bits per heavy atom. The number of carbonyl (C=O) groups excluding carboxylic acids is 1. The summed E-state index contributed by atoms with van der Waals surface area (Å²) in [6.07, 6.45) is 0. The summed E-state index contributed by atoms with van der Waals surface area (Å²) in [7, 11) is 0. The molecule has 0 aromatic heterocycles. The zero-order chi connectivity index (χ0) is 11.2. The van der Waals surface area contributed by atoms with Gasteiger partial charge in [-0.3, -0.25) is 9.59 Å². The first kappa shape index (κ1) is 12.9. The highest BCUT2D eigenvalue weighted by Crippen LogP contribution is 2.12. The van der Waals surface area contributed by atoms with Crippen LogP contribution < -0.4 is 10.6 Å². The molecule has 0 atom stereocenters. The Labute approximate surface area is 83.9 Å². The zero-order valence-electron chi connectivity index (χ0n) is 8.89. The Morgan fingerprint density at radius 3 is 2.29 bits per heavy atom. The van der Waals surface area contributed by atoms with E-state index in [4.69, 9.17) is 5.11 Å². The lowest BCUT2D eigenvalue weighted by atomic mass is 9.94. The van der Waals surface area contributed by atoms with Crippen molar-refractivity contribution in [3.05, 3.63) is 0 Å². The second-order valence-corrected chi connectivity index (χ2v) is 3.85. The summed E-state index contributed by atoms with van der Waals surface area (Å²) >= 11 is 0. The summed E-state index contributed by atoms with van der Waals surface area (Å²) in [6.45, 7) is 6.24. The van der Waals surface area contributed by atoms with Gasteiger partial charge >= 0.3 is 5.97 Å². The number of carboxylic acids is 1. The molecule has 0 unspecified atom stereocenters. The van der Waals surface area contributed by atoms with E-state index in [2.05, 4.69) is 10.6 Å². The molecule has 0 aliphatic heterocycles. The molecule has 0 aliphatic carbocycles. The smallest absolute Gasteiger partial charge is 0.310 e. The third-order valence-corrected chi connectivity index (χ3v) is 1.82. The molecule has 0 saturated carbocycles. The van der Waals surface area contributed by atoms with Gasteiger partial charge in [0, 0.05) is 26.6 Å². The highest BCUT2D eigenvalue weighted by molar-refractivity contribution is 5.74. The van der Waals surface area contributed by atoms with Gasteiger partial charge in [-0.1, -0.05) is 0 Å². The molecule has 3 N–H and O–H groups in total. The van der Waals surface area contributed by atoms with E-state index in [1.807, 2.05) is 0 Å². The number of carboxylic acid groups (broad SMARTS) is 1. The van der Waals surface area contributed by atoms with Crippen molar-refractivity contribution in [1.82, 2.24) is 10.6 Å². The predicted molar refractivity (Wildman–Crippen MR) is 53.0 cm³/mol. The van der Waals surface area contributed by atoms with Gasteiger partial charge in [0.15, 0.2) is 0 Å². The summed E-state index contributed by atoms with van der Waals surface area (Å²) in [5.74, 6) is -0.908. The molecule has 0 saturated heterocycles. The van der Waals surface area contributed by atoms with Crippen molar-refractivity contribution in [2.75, 3.05) is 19.6 Å². The lowest BCUT2D eigenvalue weighted by Gasteiger charge is -2.19. The summed E-state index contributed by atoms with van der Waals surface area (Å²) in [4.78, 5) is 21.2. The minimum atomic E-state index is -0.829. The number of rotatable bonds is 6. The second kappa shape index (κ2) is 5.59. The van der Waals surface area contributed by atoms with E-state index in [9.17, 15) is 9.59 Å².